The van der Waals surface area contributed by atoms with Crippen molar-refractivity contribution < 1.29 is 9.50 Å². The highest BCUT2D eigenvalue weighted by Crippen LogP contribution is 2.38. The second kappa shape index (κ2) is 5.91. The highest BCUT2D eigenvalue weighted by Gasteiger charge is 2.43. The number of nitrogens with zero attached hydrogens (tertiary/aromatic N) is 2. The van der Waals surface area contributed by atoms with Crippen molar-refractivity contribution in [2.75, 3.05) is 44.2 Å². The Balaban J connectivity index is 1.57. The number of aliphatic hydroxyl groups excluding tert-OH is 1. The Morgan fingerprint density at radius 2 is 1.86 bits per heavy atom. The molecule has 1 saturated heterocycles. The monoisotopic (exact) mass is 293 g/mol. The molecule has 3 N–H and O–H groups in total. The molecule has 1 aliphatic carbocycles. The van der Waals surface area contributed by atoms with Crippen LogP contribution in [0.3, 0.4) is 0 Å². The van der Waals surface area contributed by atoms with Gasteiger partial charge in [0.25, 0.3) is 0 Å². The number of hydrogen-bond acceptors (Lipinski definition) is 4. The Bertz CT molecular complexity index is 486. The number of hydrogen-bond donors (Lipinski definition) is 2. The lowest BCUT2D eigenvalue weighted by atomic mass is 9.94. The first-order valence-corrected chi connectivity index (χ1v) is 7.74. The van der Waals surface area contributed by atoms with Crippen LogP contribution in [0, 0.1) is 11.7 Å². The molecule has 1 aromatic rings. The van der Waals surface area contributed by atoms with E-state index in [1.807, 2.05) is 12.1 Å². The molecule has 1 aliphatic heterocycles. The summed E-state index contributed by atoms with van der Waals surface area (Å²) in [5, 5.41) is 9.58. The van der Waals surface area contributed by atoms with E-state index in [4.69, 9.17) is 5.73 Å². The molecule has 2 fully saturated rings. The van der Waals surface area contributed by atoms with Crippen LogP contribution in [0.15, 0.2) is 24.3 Å². The molecule has 1 atom stereocenters. The molecular formula is C16H24FN3O. The topological polar surface area (TPSA) is 52.7 Å². The van der Waals surface area contributed by atoms with Crippen molar-refractivity contribution in [3.05, 3.63) is 30.1 Å². The average molecular weight is 293 g/mol. The largest absolute Gasteiger partial charge is 0.394 e. The lowest BCUT2D eigenvalue weighted by Crippen LogP contribution is -2.58. The van der Waals surface area contributed by atoms with Crippen molar-refractivity contribution in [2.24, 2.45) is 11.7 Å². The van der Waals surface area contributed by atoms with Gasteiger partial charge >= 0.3 is 0 Å². The molecule has 1 aromatic carbocycles. The molecule has 4 nitrogen and oxygen atoms in total. The van der Waals surface area contributed by atoms with Gasteiger partial charge in [-0.15, -0.1) is 0 Å². The summed E-state index contributed by atoms with van der Waals surface area (Å²) in [6, 6.07) is 6.92. The number of nitrogens with two attached hydrogens (primary N) is 1. The maximum Gasteiger partial charge on any atom is 0.146 e. The van der Waals surface area contributed by atoms with Gasteiger partial charge in [0.1, 0.15) is 5.82 Å². The van der Waals surface area contributed by atoms with E-state index in [0.29, 0.717) is 11.6 Å². The predicted molar refractivity (Wildman–Crippen MR) is 81.8 cm³/mol. The molecule has 21 heavy (non-hydrogen) atoms. The second-order valence-electron chi connectivity index (χ2n) is 6.38. The molecule has 0 bridgehead atoms. The van der Waals surface area contributed by atoms with E-state index in [9.17, 15) is 9.50 Å². The van der Waals surface area contributed by atoms with E-state index >= 15 is 0 Å². The van der Waals surface area contributed by atoms with Crippen molar-refractivity contribution in [2.45, 2.75) is 18.4 Å². The Morgan fingerprint density at radius 1 is 1.19 bits per heavy atom. The van der Waals surface area contributed by atoms with Gasteiger partial charge in [0, 0.05) is 32.7 Å². The van der Waals surface area contributed by atoms with E-state index in [2.05, 4.69) is 9.80 Å². The summed E-state index contributed by atoms with van der Waals surface area (Å²) in [4.78, 5) is 4.38. The number of piperazine rings is 1. The van der Waals surface area contributed by atoms with E-state index < -0.39 is 5.54 Å². The fraction of sp³-hybridized carbons (Fsp3) is 0.625. The third-order valence-corrected chi connectivity index (χ3v) is 4.77. The van der Waals surface area contributed by atoms with Gasteiger partial charge in [0.15, 0.2) is 0 Å². The summed E-state index contributed by atoms with van der Waals surface area (Å²) < 4.78 is 13.8. The molecule has 0 radical (unpaired) electrons. The molecule has 0 spiro atoms. The van der Waals surface area contributed by atoms with Gasteiger partial charge in [0.05, 0.1) is 17.8 Å². The summed E-state index contributed by atoms with van der Waals surface area (Å²) in [6.07, 6.45) is 2.26. The molecular weight excluding hydrogens is 269 g/mol. The van der Waals surface area contributed by atoms with Crippen LogP contribution >= 0.6 is 0 Å². The molecule has 1 heterocycles. The van der Waals surface area contributed by atoms with E-state index in [-0.39, 0.29) is 12.4 Å². The Labute approximate surface area is 125 Å². The van der Waals surface area contributed by atoms with Crippen molar-refractivity contribution in [1.82, 2.24) is 4.90 Å². The normalized spacial score (nSPS) is 23.1. The van der Waals surface area contributed by atoms with Crippen LogP contribution < -0.4 is 10.6 Å². The van der Waals surface area contributed by atoms with Crippen molar-refractivity contribution in [1.29, 1.82) is 0 Å². The van der Waals surface area contributed by atoms with Gasteiger partial charge in [-0.25, -0.2) is 4.39 Å². The smallest absolute Gasteiger partial charge is 0.146 e. The fourth-order valence-electron chi connectivity index (χ4n) is 3.24. The minimum atomic E-state index is -0.458. The quantitative estimate of drug-likeness (QED) is 0.852. The van der Waals surface area contributed by atoms with Gasteiger partial charge in [0.2, 0.25) is 0 Å². The van der Waals surface area contributed by atoms with Gasteiger partial charge in [-0.2, -0.15) is 0 Å². The molecule has 0 amide bonds. The molecule has 116 valence electrons. The van der Waals surface area contributed by atoms with E-state index in [0.717, 1.165) is 45.6 Å². The van der Waals surface area contributed by atoms with Crippen LogP contribution in [-0.2, 0) is 0 Å². The molecule has 1 saturated carbocycles. The number of halogens is 1. The molecule has 3 rings (SSSR count). The summed E-state index contributed by atoms with van der Waals surface area (Å²) in [6.45, 7) is 4.10. The standard InChI is InChI=1S/C16H24FN3O/c17-14-3-1-2-4-15(14)20-9-7-19(8-10-20)11-16(18,12-21)13-5-6-13/h1-4,13,21H,5-12,18H2. The summed E-state index contributed by atoms with van der Waals surface area (Å²) in [5.74, 6) is 0.305. The Morgan fingerprint density at radius 3 is 2.43 bits per heavy atom. The minimum absolute atomic E-state index is 0.0468. The Kier molecular flexibility index (Phi) is 4.15. The zero-order valence-electron chi connectivity index (χ0n) is 12.3. The number of para-hydroxylation sites is 1. The fourth-order valence-corrected chi connectivity index (χ4v) is 3.24. The SMILES string of the molecule is NC(CO)(CN1CCN(c2ccccc2F)CC1)C1CC1. The summed E-state index contributed by atoms with van der Waals surface area (Å²) >= 11 is 0. The number of aliphatic hydroxyl groups is 1. The minimum Gasteiger partial charge on any atom is -0.394 e. The maximum atomic E-state index is 13.8. The van der Waals surface area contributed by atoms with Gasteiger partial charge < -0.3 is 15.7 Å². The van der Waals surface area contributed by atoms with Crippen LogP contribution in [-0.4, -0.2) is 54.9 Å². The predicted octanol–water partition coefficient (Wildman–Crippen LogP) is 1.05. The highest BCUT2D eigenvalue weighted by molar-refractivity contribution is 5.48. The lowest BCUT2D eigenvalue weighted by molar-refractivity contribution is 0.117. The first-order valence-electron chi connectivity index (χ1n) is 7.74. The van der Waals surface area contributed by atoms with Crippen molar-refractivity contribution in [3.63, 3.8) is 0 Å². The van der Waals surface area contributed by atoms with Crippen molar-refractivity contribution in [3.8, 4) is 0 Å². The Hall–Kier alpha value is -1.17. The van der Waals surface area contributed by atoms with Crippen LogP contribution in [0.5, 0.6) is 0 Å². The molecule has 1 unspecified atom stereocenters. The average Bonchev–Trinajstić information content (AvgIpc) is 3.34. The van der Waals surface area contributed by atoms with Crippen LogP contribution in [0.25, 0.3) is 0 Å². The van der Waals surface area contributed by atoms with Crippen molar-refractivity contribution >= 4 is 5.69 Å². The third kappa shape index (κ3) is 3.20. The van der Waals surface area contributed by atoms with E-state index in [1.54, 1.807) is 6.07 Å². The molecule has 5 heteroatoms. The first kappa shape index (κ1) is 14.8. The third-order valence-electron chi connectivity index (χ3n) is 4.77. The van der Waals surface area contributed by atoms with Crippen LogP contribution in [0.4, 0.5) is 10.1 Å². The second-order valence-corrected chi connectivity index (χ2v) is 6.38. The van der Waals surface area contributed by atoms with Gasteiger partial charge in [-0.05, 0) is 30.9 Å². The number of anilines is 1. The summed E-state index contributed by atoms with van der Waals surface area (Å²) in [7, 11) is 0. The van der Waals surface area contributed by atoms with Crippen LogP contribution in [0.1, 0.15) is 12.8 Å². The summed E-state index contributed by atoms with van der Waals surface area (Å²) in [5.41, 5.74) is 6.56. The molecule has 0 aromatic heterocycles. The van der Waals surface area contributed by atoms with Gasteiger partial charge in [-0.1, -0.05) is 12.1 Å². The number of benzene rings is 1. The maximum absolute atomic E-state index is 13.8. The van der Waals surface area contributed by atoms with Crippen LogP contribution in [0.2, 0.25) is 0 Å². The zero-order chi connectivity index (χ0) is 14.9. The van der Waals surface area contributed by atoms with Gasteiger partial charge in [-0.3, -0.25) is 4.90 Å². The van der Waals surface area contributed by atoms with E-state index in [1.165, 1.54) is 6.07 Å². The zero-order valence-corrected chi connectivity index (χ0v) is 12.3. The highest BCUT2D eigenvalue weighted by atomic mass is 19.1. The number of rotatable bonds is 5. The first-order chi connectivity index (χ1) is 10.1. The lowest BCUT2D eigenvalue weighted by Gasteiger charge is -2.40. The molecule has 2 aliphatic rings.